The van der Waals surface area contributed by atoms with Crippen LogP contribution in [-0.4, -0.2) is 12.6 Å². The molecule has 0 aromatic rings. The van der Waals surface area contributed by atoms with Gasteiger partial charge in [-0.2, -0.15) is 0 Å². The van der Waals surface area contributed by atoms with Crippen molar-refractivity contribution in [1.29, 1.82) is 0 Å². The number of hydrogen-bond acceptors (Lipinski definition) is 2. The Kier molecular flexibility index (Phi) is 10.3. The Hall–Kier alpha value is -0.530. The van der Waals surface area contributed by atoms with Gasteiger partial charge in [0, 0.05) is 0 Å². The maximum atomic E-state index is 11.7. The van der Waals surface area contributed by atoms with E-state index in [2.05, 4.69) is 20.8 Å². The Morgan fingerprint density at radius 1 is 1.06 bits per heavy atom. The van der Waals surface area contributed by atoms with E-state index in [1.165, 1.54) is 19.3 Å². The van der Waals surface area contributed by atoms with E-state index in [0.29, 0.717) is 12.5 Å². The van der Waals surface area contributed by atoms with Crippen LogP contribution in [0.3, 0.4) is 0 Å². The minimum Gasteiger partial charge on any atom is -0.465 e. The SMILES string of the molecule is CCCCC(CC)COC(=O)C(C)CCCC. The largest absolute Gasteiger partial charge is 0.465 e. The van der Waals surface area contributed by atoms with E-state index in [0.717, 1.165) is 25.7 Å². The van der Waals surface area contributed by atoms with Gasteiger partial charge >= 0.3 is 5.97 Å². The third kappa shape index (κ3) is 8.23. The molecule has 0 heterocycles. The number of carbonyl (C=O) groups excluding carboxylic acids is 1. The first-order valence-electron chi connectivity index (χ1n) is 7.32. The summed E-state index contributed by atoms with van der Waals surface area (Å²) in [6.45, 7) is 9.12. The smallest absolute Gasteiger partial charge is 0.308 e. The van der Waals surface area contributed by atoms with Crippen molar-refractivity contribution < 1.29 is 9.53 Å². The number of carbonyl (C=O) groups is 1. The van der Waals surface area contributed by atoms with Crippen LogP contribution in [0.25, 0.3) is 0 Å². The van der Waals surface area contributed by atoms with Gasteiger partial charge in [0.25, 0.3) is 0 Å². The van der Waals surface area contributed by atoms with Crippen molar-refractivity contribution in [2.45, 2.75) is 72.6 Å². The van der Waals surface area contributed by atoms with Crippen molar-refractivity contribution in [1.82, 2.24) is 0 Å². The molecule has 0 N–H and O–H groups in total. The third-order valence-electron chi connectivity index (χ3n) is 3.40. The van der Waals surface area contributed by atoms with Gasteiger partial charge in [-0.05, 0) is 18.8 Å². The molecule has 2 unspecified atom stereocenters. The fraction of sp³-hybridized carbons (Fsp3) is 0.933. The predicted molar refractivity (Wildman–Crippen MR) is 73.0 cm³/mol. The van der Waals surface area contributed by atoms with E-state index >= 15 is 0 Å². The highest BCUT2D eigenvalue weighted by atomic mass is 16.5. The van der Waals surface area contributed by atoms with Crippen molar-refractivity contribution in [3.05, 3.63) is 0 Å². The summed E-state index contributed by atoms with van der Waals surface area (Å²) in [5.74, 6) is 0.615. The van der Waals surface area contributed by atoms with E-state index in [1.54, 1.807) is 0 Å². The zero-order valence-corrected chi connectivity index (χ0v) is 12.1. The first-order valence-corrected chi connectivity index (χ1v) is 7.32. The Morgan fingerprint density at radius 3 is 2.18 bits per heavy atom. The Bertz CT molecular complexity index is 189. The average Bonchev–Trinajstić information content (AvgIpc) is 2.35. The van der Waals surface area contributed by atoms with E-state index < -0.39 is 0 Å². The molecule has 0 amide bonds. The third-order valence-corrected chi connectivity index (χ3v) is 3.40. The summed E-state index contributed by atoms with van der Waals surface area (Å²) >= 11 is 0. The van der Waals surface area contributed by atoms with Crippen molar-refractivity contribution >= 4 is 5.97 Å². The van der Waals surface area contributed by atoms with Gasteiger partial charge in [-0.1, -0.05) is 59.8 Å². The number of esters is 1. The minimum absolute atomic E-state index is 0.00611. The lowest BCUT2D eigenvalue weighted by molar-refractivity contribution is -0.149. The molecule has 0 fully saturated rings. The quantitative estimate of drug-likeness (QED) is 0.524. The van der Waals surface area contributed by atoms with Gasteiger partial charge in [0.1, 0.15) is 0 Å². The van der Waals surface area contributed by atoms with Crippen LogP contribution in [-0.2, 0) is 9.53 Å². The van der Waals surface area contributed by atoms with Gasteiger partial charge in [0.15, 0.2) is 0 Å². The van der Waals surface area contributed by atoms with Crippen molar-refractivity contribution in [3.8, 4) is 0 Å². The van der Waals surface area contributed by atoms with Crippen LogP contribution >= 0.6 is 0 Å². The highest BCUT2D eigenvalue weighted by Gasteiger charge is 2.15. The van der Waals surface area contributed by atoms with Gasteiger partial charge in [-0.25, -0.2) is 0 Å². The van der Waals surface area contributed by atoms with Gasteiger partial charge in [-0.15, -0.1) is 0 Å². The molecule has 0 saturated carbocycles. The molecule has 2 nitrogen and oxygen atoms in total. The Morgan fingerprint density at radius 2 is 1.65 bits per heavy atom. The van der Waals surface area contributed by atoms with Crippen LogP contribution in [0.5, 0.6) is 0 Å². The molecule has 2 atom stereocenters. The van der Waals surface area contributed by atoms with Crippen LogP contribution < -0.4 is 0 Å². The second-order valence-electron chi connectivity index (χ2n) is 5.09. The second-order valence-corrected chi connectivity index (χ2v) is 5.09. The fourth-order valence-electron chi connectivity index (χ4n) is 1.87. The summed E-state index contributed by atoms with van der Waals surface area (Å²) < 4.78 is 5.41. The van der Waals surface area contributed by atoms with Crippen LogP contribution in [0.15, 0.2) is 0 Å². The summed E-state index contributed by atoms with van der Waals surface area (Å²) in [5, 5.41) is 0. The maximum Gasteiger partial charge on any atom is 0.308 e. The number of unbranched alkanes of at least 4 members (excludes halogenated alkanes) is 2. The van der Waals surface area contributed by atoms with Crippen LogP contribution in [0.1, 0.15) is 72.6 Å². The Balaban J connectivity index is 3.78. The van der Waals surface area contributed by atoms with Crippen LogP contribution in [0.4, 0.5) is 0 Å². The van der Waals surface area contributed by atoms with Crippen LogP contribution in [0, 0.1) is 11.8 Å². The first-order chi connectivity index (χ1) is 8.15. The summed E-state index contributed by atoms with van der Waals surface area (Å²) in [6.07, 6.45) is 7.97. The van der Waals surface area contributed by atoms with Crippen LogP contribution in [0.2, 0.25) is 0 Å². The normalized spacial score (nSPS) is 14.4. The molecule has 0 saturated heterocycles. The zero-order valence-electron chi connectivity index (χ0n) is 12.1. The number of rotatable bonds is 10. The lowest BCUT2D eigenvalue weighted by Gasteiger charge is -2.16. The molecular formula is C15H30O2. The van der Waals surface area contributed by atoms with Crippen molar-refractivity contribution in [2.75, 3.05) is 6.61 Å². The molecule has 0 aromatic carbocycles. The van der Waals surface area contributed by atoms with Gasteiger partial charge in [0.05, 0.1) is 12.5 Å². The molecule has 0 radical (unpaired) electrons. The molecule has 0 bridgehead atoms. The molecule has 0 rings (SSSR count). The molecule has 17 heavy (non-hydrogen) atoms. The highest BCUT2D eigenvalue weighted by Crippen LogP contribution is 2.15. The summed E-state index contributed by atoms with van der Waals surface area (Å²) in [4.78, 5) is 11.7. The van der Waals surface area contributed by atoms with E-state index in [9.17, 15) is 4.79 Å². The lowest BCUT2D eigenvalue weighted by Crippen LogP contribution is -2.19. The fourth-order valence-corrected chi connectivity index (χ4v) is 1.87. The van der Waals surface area contributed by atoms with Gasteiger partial charge < -0.3 is 4.74 Å². The maximum absolute atomic E-state index is 11.7. The monoisotopic (exact) mass is 242 g/mol. The first kappa shape index (κ1) is 16.5. The molecule has 2 heteroatoms. The van der Waals surface area contributed by atoms with Gasteiger partial charge in [-0.3, -0.25) is 4.79 Å². The molecular weight excluding hydrogens is 212 g/mol. The molecule has 0 aliphatic rings. The minimum atomic E-state index is -0.00611. The number of hydrogen-bond donors (Lipinski definition) is 0. The van der Waals surface area contributed by atoms with Gasteiger partial charge in [0.2, 0.25) is 0 Å². The molecule has 0 aromatic heterocycles. The number of ether oxygens (including phenoxy) is 1. The molecule has 0 aliphatic heterocycles. The zero-order chi connectivity index (χ0) is 13.1. The Labute approximate surface area is 107 Å². The van der Waals surface area contributed by atoms with Crippen molar-refractivity contribution in [2.24, 2.45) is 11.8 Å². The summed E-state index contributed by atoms with van der Waals surface area (Å²) in [6, 6.07) is 0. The molecule has 0 spiro atoms. The summed E-state index contributed by atoms with van der Waals surface area (Å²) in [5.41, 5.74) is 0. The molecule has 102 valence electrons. The average molecular weight is 242 g/mol. The highest BCUT2D eigenvalue weighted by molar-refractivity contribution is 5.71. The summed E-state index contributed by atoms with van der Waals surface area (Å²) in [7, 11) is 0. The predicted octanol–water partition coefficient (Wildman–Crippen LogP) is 4.57. The standard InChI is InChI=1S/C15H30O2/c1-5-8-10-13(4)15(16)17-12-14(7-3)11-9-6-2/h13-14H,5-12H2,1-4H3. The lowest BCUT2D eigenvalue weighted by atomic mass is 10.0. The second kappa shape index (κ2) is 10.6. The topological polar surface area (TPSA) is 26.3 Å². The van der Waals surface area contributed by atoms with E-state index in [1.807, 2.05) is 6.92 Å². The van der Waals surface area contributed by atoms with Crippen molar-refractivity contribution in [3.63, 3.8) is 0 Å². The van der Waals surface area contributed by atoms with E-state index in [-0.39, 0.29) is 11.9 Å². The van der Waals surface area contributed by atoms with E-state index in [4.69, 9.17) is 4.74 Å². The molecule has 0 aliphatic carbocycles.